The molecule has 0 saturated carbocycles. The molecule has 0 bridgehead atoms. The lowest BCUT2D eigenvalue weighted by atomic mass is 10.1. The van der Waals surface area contributed by atoms with Crippen molar-refractivity contribution in [1.82, 2.24) is 0 Å². The van der Waals surface area contributed by atoms with Crippen LogP contribution < -0.4 is 0 Å². The minimum absolute atomic E-state index is 0.0448. The number of hydrogen-bond donors (Lipinski definition) is 3. The van der Waals surface area contributed by atoms with Gasteiger partial charge in [-0.05, 0) is 89.5 Å². The van der Waals surface area contributed by atoms with Gasteiger partial charge in [0.25, 0.3) is 10.1 Å². The van der Waals surface area contributed by atoms with E-state index in [0.717, 1.165) is 32.1 Å². The predicted octanol–water partition coefficient (Wildman–Crippen LogP) is 6.71. The molecule has 0 fully saturated rings. The average molecular weight is 505 g/mol. The van der Waals surface area contributed by atoms with Gasteiger partial charge in [-0.1, -0.05) is 39.0 Å². The summed E-state index contributed by atoms with van der Waals surface area (Å²) in [7, 11) is -6.77. The molecular weight excluding hydrogens is 472 g/mol. The molecule has 34 heavy (non-hydrogen) atoms. The molecule has 6 nitrogen and oxygen atoms in total. The van der Waals surface area contributed by atoms with Gasteiger partial charge in [0.1, 0.15) is 17.2 Å². The van der Waals surface area contributed by atoms with Crippen molar-refractivity contribution in [3.05, 3.63) is 72.8 Å². The van der Waals surface area contributed by atoms with Crippen LogP contribution in [0.1, 0.15) is 45.4 Å². The Balaban J connectivity index is 2.07. The minimum Gasteiger partial charge on any atom is -0.508 e. The first kappa shape index (κ1) is 25.9. The number of benzene rings is 3. The maximum Gasteiger partial charge on any atom is 0.277 e. The van der Waals surface area contributed by atoms with Crippen molar-refractivity contribution in [1.29, 1.82) is 0 Å². The van der Waals surface area contributed by atoms with E-state index in [9.17, 15) is 23.7 Å². The first-order valence-electron chi connectivity index (χ1n) is 11.4. The highest BCUT2D eigenvalue weighted by atomic mass is 32.3. The van der Waals surface area contributed by atoms with Gasteiger partial charge < -0.3 is 15.3 Å². The number of phenolic OH excluding ortho intramolecular Hbond substituents is 3. The van der Waals surface area contributed by atoms with Crippen molar-refractivity contribution in [2.24, 2.45) is 0 Å². The third-order valence-corrected chi connectivity index (χ3v) is 10.7. The van der Waals surface area contributed by atoms with Gasteiger partial charge in [0.15, 0.2) is 0 Å². The van der Waals surface area contributed by atoms with Crippen LogP contribution in [0.25, 0.3) is 0 Å². The minimum atomic E-state index is -3.96. The SMILES string of the molecule is CCCCCCCCS(=O)(=O)OS(c1ccc(O)cc1)(c1ccc(O)cc1)c1ccc(O)cc1. The Morgan fingerprint density at radius 2 is 0.941 bits per heavy atom. The van der Waals surface area contributed by atoms with E-state index in [1.54, 1.807) is 36.4 Å². The summed E-state index contributed by atoms with van der Waals surface area (Å²) in [5, 5.41) is 29.6. The predicted molar refractivity (Wildman–Crippen MR) is 135 cm³/mol. The molecule has 8 heteroatoms. The Morgan fingerprint density at radius 1 is 0.588 bits per heavy atom. The summed E-state index contributed by atoms with van der Waals surface area (Å²) in [6.07, 6.45) is 5.64. The molecule has 0 amide bonds. The summed E-state index contributed by atoms with van der Waals surface area (Å²) in [4.78, 5) is 1.69. The number of hydrogen-bond acceptors (Lipinski definition) is 6. The smallest absolute Gasteiger partial charge is 0.277 e. The largest absolute Gasteiger partial charge is 0.508 e. The summed E-state index contributed by atoms with van der Waals surface area (Å²) in [6, 6.07) is 18.8. The fourth-order valence-electron chi connectivity index (χ4n) is 3.69. The van der Waals surface area contributed by atoms with Crippen LogP contribution in [0.4, 0.5) is 0 Å². The maximum absolute atomic E-state index is 13.3. The molecule has 0 aliphatic rings. The molecule has 0 unspecified atom stereocenters. The van der Waals surface area contributed by atoms with Crippen molar-refractivity contribution < 1.29 is 27.4 Å². The molecule has 0 aliphatic heterocycles. The highest BCUT2D eigenvalue weighted by Crippen LogP contribution is 2.70. The highest BCUT2D eigenvalue weighted by Gasteiger charge is 2.37. The van der Waals surface area contributed by atoms with E-state index in [1.807, 2.05) is 0 Å². The van der Waals surface area contributed by atoms with E-state index >= 15 is 0 Å². The van der Waals surface area contributed by atoms with Gasteiger partial charge in [0, 0.05) is 14.7 Å². The van der Waals surface area contributed by atoms with E-state index in [0.29, 0.717) is 21.1 Å². The molecular formula is C26H32O6S2. The third-order valence-electron chi connectivity index (χ3n) is 5.46. The Labute approximate surface area is 203 Å². The summed E-state index contributed by atoms with van der Waals surface area (Å²) in [5.41, 5.74) is 0. The average Bonchev–Trinajstić information content (AvgIpc) is 2.81. The zero-order valence-electron chi connectivity index (χ0n) is 19.3. The monoisotopic (exact) mass is 504 g/mol. The van der Waals surface area contributed by atoms with Crippen molar-refractivity contribution in [3.8, 4) is 17.2 Å². The van der Waals surface area contributed by atoms with Crippen LogP contribution in [-0.2, 0) is 13.7 Å². The van der Waals surface area contributed by atoms with Crippen LogP contribution in [-0.4, -0.2) is 29.5 Å². The molecule has 0 aromatic heterocycles. The van der Waals surface area contributed by atoms with Gasteiger partial charge in [-0.25, -0.2) is 3.63 Å². The van der Waals surface area contributed by atoms with E-state index in [-0.39, 0.29) is 23.0 Å². The van der Waals surface area contributed by atoms with Crippen molar-refractivity contribution in [2.45, 2.75) is 60.1 Å². The first-order valence-corrected chi connectivity index (χ1v) is 14.5. The molecule has 0 heterocycles. The van der Waals surface area contributed by atoms with Gasteiger partial charge in [0.2, 0.25) is 0 Å². The van der Waals surface area contributed by atoms with Crippen molar-refractivity contribution in [2.75, 3.05) is 5.75 Å². The van der Waals surface area contributed by atoms with Gasteiger partial charge in [-0.3, -0.25) is 0 Å². The van der Waals surface area contributed by atoms with Crippen LogP contribution in [0.2, 0.25) is 0 Å². The molecule has 0 aliphatic carbocycles. The number of unbranched alkanes of at least 4 members (excludes halogenated alkanes) is 5. The Bertz CT molecular complexity index is 1030. The Hall–Kier alpha value is -2.68. The van der Waals surface area contributed by atoms with E-state index < -0.39 is 20.4 Å². The molecule has 3 aromatic carbocycles. The van der Waals surface area contributed by atoms with Gasteiger partial charge in [0.05, 0.1) is 5.75 Å². The first-order chi connectivity index (χ1) is 16.3. The fourth-order valence-corrected chi connectivity index (χ4v) is 9.08. The van der Waals surface area contributed by atoms with E-state index in [4.69, 9.17) is 3.63 Å². The van der Waals surface area contributed by atoms with E-state index in [2.05, 4.69) is 6.92 Å². The standard InChI is InChI=1S/C26H32O6S2/c1-2-3-4-5-6-7-20-33(30,31)32-34(24-14-8-21(27)9-15-24,25-16-10-22(28)11-17-25)26-18-12-23(29)13-19-26/h8-19,27-29H,2-7,20H2,1H3. The molecule has 3 N–H and O–H groups in total. The number of rotatable bonds is 12. The van der Waals surface area contributed by atoms with Gasteiger partial charge >= 0.3 is 0 Å². The molecule has 184 valence electrons. The molecule has 0 saturated heterocycles. The number of phenols is 3. The van der Waals surface area contributed by atoms with Crippen LogP contribution in [0.5, 0.6) is 17.2 Å². The topological polar surface area (TPSA) is 104 Å². The van der Waals surface area contributed by atoms with Gasteiger partial charge in [-0.15, -0.1) is 0 Å². The second-order valence-electron chi connectivity index (χ2n) is 8.14. The normalized spacial score (nSPS) is 12.5. The Morgan fingerprint density at radius 3 is 1.32 bits per heavy atom. The van der Waals surface area contributed by atoms with Crippen LogP contribution in [0.15, 0.2) is 87.5 Å². The molecule has 0 spiro atoms. The van der Waals surface area contributed by atoms with Gasteiger partial charge in [-0.2, -0.15) is 8.42 Å². The zero-order valence-corrected chi connectivity index (χ0v) is 20.9. The summed E-state index contributed by atoms with van der Waals surface area (Å²) >= 11 is 0. The lowest BCUT2D eigenvalue weighted by molar-refractivity contribution is 0.474. The molecule has 0 radical (unpaired) electrons. The van der Waals surface area contributed by atoms with Crippen LogP contribution >= 0.6 is 10.3 Å². The number of aromatic hydroxyl groups is 3. The van der Waals surface area contributed by atoms with Crippen molar-refractivity contribution in [3.63, 3.8) is 0 Å². The third kappa shape index (κ3) is 6.46. The summed E-state index contributed by atoms with van der Waals surface area (Å²) in [6.45, 7) is 2.14. The molecule has 3 aromatic rings. The van der Waals surface area contributed by atoms with Crippen LogP contribution in [0.3, 0.4) is 0 Å². The quantitative estimate of drug-likeness (QED) is 0.237. The van der Waals surface area contributed by atoms with E-state index in [1.165, 1.54) is 36.4 Å². The second-order valence-corrected chi connectivity index (χ2v) is 12.7. The second kappa shape index (κ2) is 11.6. The maximum atomic E-state index is 13.3. The van der Waals surface area contributed by atoms with Crippen LogP contribution in [0, 0.1) is 0 Å². The Kier molecular flexibility index (Phi) is 8.88. The zero-order chi connectivity index (χ0) is 24.6. The van der Waals surface area contributed by atoms with Crippen molar-refractivity contribution >= 4 is 20.4 Å². The summed E-state index contributed by atoms with van der Waals surface area (Å²) in [5.74, 6) is 0.0254. The highest BCUT2D eigenvalue weighted by molar-refractivity contribution is 8.33. The molecule has 0 atom stereocenters. The lowest BCUT2D eigenvalue weighted by Gasteiger charge is -2.39. The lowest BCUT2D eigenvalue weighted by Crippen LogP contribution is -2.17. The fraction of sp³-hybridized carbons (Fsp3) is 0.308. The molecule has 3 rings (SSSR count). The summed E-state index contributed by atoms with van der Waals surface area (Å²) < 4.78 is 32.8.